The van der Waals surface area contributed by atoms with Gasteiger partial charge in [0, 0.05) is 72.8 Å². The van der Waals surface area contributed by atoms with Crippen LogP contribution in [-0.2, 0) is 20.4 Å². The molecule has 9 rings (SSSR count). The summed E-state index contributed by atoms with van der Waals surface area (Å²) in [6.45, 7) is 11.9. The summed E-state index contributed by atoms with van der Waals surface area (Å²) < 4.78 is 3.61. The molecule has 0 saturated heterocycles. The van der Waals surface area contributed by atoms with E-state index in [2.05, 4.69) is 42.0 Å². The molecule has 2 amide bonds. The molecule has 1 aliphatic carbocycles. The van der Waals surface area contributed by atoms with Gasteiger partial charge in [-0.15, -0.1) is 0 Å². The lowest BCUT2D eigenvalue weighted by molar-refractivity contribution is -0.122. The second kappa shape index (κ2) is 12.0. The highest BCUT2D eigenvalue weighted by atomic mass is 16.2. The quantitative estimate of drug-likeness (QED) is 0.206. The van der Waals surface area contributed by atoms with Gasteiger partial charge in [0.15, 0.2) is 0 Å². The summed E-state index contributed by atoms with van der Waals surface area (Å²) in [5.74, 6) is 1.49. The smallest absolute Gasteiger partial charge is 0.237 e. The lowest BCUT2D eigenvalue weighted by Crippen LogP contribution is -2.37. The molecular formula is C40H40N10O2. The van der Waals surface area contributed by atoms with E-state index in [4.69, 9.17) is 0 Å². The largest absolute Gasteiger partial charge is 0.314 e. The van der Waals surface area contributed by atoms with E-state index in [1.165, 1.54) is 0 Å². The van der Waals surface area contributed by atoms with Crippen LogP contribution in [0.3, 0.4) is 0 Å². The number of hydrogen-bond acceptors (Lipinski definition) is 8. The molecule has 1 fully saturated rings. The second-order valence-electron chi connectivity index (χ2n) is 14.9. The monoisotopic (exact) mass is 692 g/mol. The molecule has 0 radical (unpaired) electrons. The highest BCUT2D eigenvalue weighted by Crippen LogP contribution is 2.48. The Labute approximate surface area is 302 Å². The van der Waals surface area contributed by atoms with Crippen molar-refractivity contribution in [1.29, 1.82) is 0 Å². The van der Waals surface area contributed by atoms with Gasteiger partial charge < -0.3 is 9.80 Å². The fourth-order valence-corrected chi connectivity index (χ4v) is 6.98. The first-order valence-corrected chi connectivity index (χ1v) is 17.4. The van der Waals surface area contributed by atoms with Crippen LogP contribution in [0.25, 0.3) is 34.4 Å². The maximum atomic E-state index is 12.9. The molecule has 12 nitrogen and oxygen atoms in total. The number of carbonyl (C=O) groups excluding carboxylic acids is 2. The Morgan fingerprint density at radius 3 is 1.54 bits per heavy atom. The first-order chi connectivity index (χ1) is 24.8. The average Bonchev–Trinajstić information content (AvgIpc) is 3.48. The molecule has 2 aliphatic heterocycles. The molecule has 0 spiro atoms. The molecule has 6 aromatic rings. The van der Waals surface area contributed by atoms with Crippen molar-refractivity contribution in [3.8, 4) is 34.4 Å². The third-order valence-electron chi connectivity index (χ3n) is 10.2. The van der Waals surface area contributed by atoms with Crippen molar-refractivity contribution in [1.82, 2.24) is 39.0 Å². The van der Waals surface area contributed by atoms with E-state index in [1.807, 2.05) is 94.7 Å². The summed E-state index contributed by atoms with van der Waals surface area (Å²) in [5.41, 5.74) is 8.81. The van der Waals surface area contributed by atoms with Crippen molar-refractivity contribution in [2.24, 2.45) is 0 Å². The predicted octanol–water partition coefficient (Wildman–Crippen LogP) is 6.32. The maximum Gasteiger partial charge on any atom is 0.237 e. The van der Waals surface area contributed by atoms with E-state index in [0.29, 0.717) is 17.9 Å². The van der Waals surface area contributed by atoms with Gasteiger partial charge in [0.2, 0.25) is 23.7 Å². The number of likely N-dealkylation sites (N-methyl/N-ethyl adjacent to an activating group) is 1. The Kier molecular flexibility index (Phi) is 7.67. The van der Waals surface area contributed by atoms with Crippen molar-refractivity contribution in [3.63, 3.8) is 0 Å². The van der Waals surface area contributed by atoms with Crippen LogP contribution in [-0.4, -0.2) is 63.9 Å². The third-order valence-corrected chi connectivity index (χ3v) is 10.2. The summed E-state index contributed by atoms with van der Waals surface area (Å²) in [5, 5.41) is 0. The van der Waals surface area contributed by atoms with Gasteiger partial charge in [0.25, 0.3) is 0 Å². The molecule has 6 heterocycles. The van der Waals surface area contributed by atoms with Gasteiger partial charge in [-0.2, -0.15) is 0 Å². The number of carbonyl (C=O) groups is 2. The van der Waals surface area contributed by atoms with Crippen molar-refractivity contribution in [2.45, 2.75) is 71.3 Å². The number of anilines is 2. The molecule has 2 aromatic carbocycles. The van der Waals surface area contributed by atoms with Crippen LogP contribution in [0.2, 0.25) is 0 Å². The highest BCUT2D eigenvalue weighted by molar-refractivity contribution is 6.09. The Balaban J connectivity index is 0.000000149. The Morgan fingerprint density at radius 2 is 1.06 bits per heavy atom. The molecule has 3 aliphatic rings. The number of amides is 2. The summed E-state index contributed by atoms with van der Waals surface area (Å²) in [7, 11) is 1.82. The van der Waals surface area contributed by atoms with E-state index in [-0.39, 0.29) is 11.8 Å². The van der Waals surface area contributed by atoms with Gasteiger partial charge in [-0.1, -0.05) is 24.3 Å². The zero-order valence-corrected chi connectivity index (χ0v) is 30.4. The molecule has 262 valence electrons. The number of imidazole rings is 2. The fraction of sp³-hybridized carbons (Fsp3) is 0.300. The number of rotatable bonds is 5. The molecule has 0 N–H and O–H groups in total. The minimum Gasteiger partial charge on any atom is -0.314 e. The normalized spacial score (nSPS) is 16.8. The molecule has 0 unspecified atom stereocenters. The molecule has 52 heavy (non-hydrogen) atoms. The van der Waals surface area contributed by atoms with Gasteiger partial charge in [-0.05, 0) is 88.8 Å². The number of fused-ring (bicyclic) bond motifs is 2. The Hall–Kier alpha value is -6.04. The van der Waals surface area contributed by atoms with E-state index in [1.54, 1.807) is 46.9 Å². The summed E-state index contributed by atoms with van der Waals surface area (Å²) in [6, 6.07) is 12.6. The van der Waals surface area contributed by atoms with Crippen molar-refractivity contribution < 1.29 is 9.59 Å². The second-order valence-corrected chi connectivity index (χ2v) is 14.9. The van der Waals surface area contributed by atoms with Crippen LogP contribution in [0.5, 0.6) is 0 Å². The lowest BCUT2D eigenvalue weighted by atomic mass is 9.86. The number of aryl methyl sites for hydroxylation is 2. The van der Waals surface area contributed by atoms with Crippen molar-refractivity contribution in [3.05, 3.63) is 108 Å². The fourth-order valence-electron chi connectivity index (χ4n) is 6.98. The molecule has 0 bridgehead atoms. The zero-order chi connectivity index (χ0) is 36.5. The summed E-state index contributed by atoms with van der Waals surface area (Å²) >= 11 is 0. The average molecular weight is 693 g/mol. The van der Waals surface area contributed by atoms with E-state index in [9.17, 15) is 9.59 Å². The van der Waals surface area contributed by atoms with Crippen LogP contribution < -0.4 is 9.80 Å². The lowest BCUT2D eigenvalue weighted by Gasteiger charge is -2.19. The molecule has 12 heteroatoms. The molecule has 4 aromatic heterocycles. The van der Waals surface area contributed by atoms with Gasteiger partial charge in [-0.3, -0.25) is 18.7 Å². The number of hydrogen-bond donors (Lipinski definition) is 0. The summed E-state index contributed by atoms with van der Waals surface area (Å²) in [6.07, 6.45) is 16.6. The minimum absolute atomic E-state index is 0.109. The third kappa shape index (κ3) is 5.55. The number of nitrogens with zero attached hydrogens (tertiary/aromatic N) is 10. The van der Waals surface area contributed by atoms with Crippen LogP contribution >= 0.6 is 0 Å². The first-order valence-electron chi connectivity index (χ1n) is 17.4. The molecule has 0 atom stereocenters. The summed E-state index contributed by atoms with van der Waals surface area (Å²) in [4.78, 5) is 55.4. The van der Waals surface area contributed by atoms with Crippen molar-refractivity contribution in [2.75, 3.05) is 16.8 Å². The standard InChI is InChI=1S/C21H21N5O.C19H19N5O/c1-13-9-22-20(23-10-13)25-11-17(24-12-25)14-4-7-16-18(8-14)26(15-5-6-15)19(27)21(16,2)3;1-12-8-20-18(21-9-12)24-10-15(22-11-24)13-5-6-14-16(7-13)23(4)17(25)19(14,2)3/h4,7-12,15H,5-6H2,1-3H3;5-11H,1-4H3. The number of benzene rings is 2. The predicted molar refractivity (Wildman–Crippen MR) is 199 cm³/mol. The van der Waals surface area contributed by atoms with Gasteiger partial charge >= 0.3 is 0 Å². The van der Waals surface area contributed by atoms with E-state index in [0.717, 1.165) is 69.0 Å². The minimum atomic E-state index is -0.488. The van der Waals surface area contributed by atoms with Crippen LogP contribution in [0.1, 0.15) is 62.8 Å². The zero-order valence-electron chi connectivity index (χ0n) is 30.4. The Bertz CT molecular complexity index is 2350. The van der Waals surface area contributed by atoms with E-state index < -0.39 is 10.8 Å². The molecular weight excluding hydrogens is 653 g/mol. The van der Waals surface area contributed by atoms with E-state index >= 15 is 0 Å². The van der Waals surface area contributed by atoms with Crippen LogP contribution in [0.15, 0.2) is 86.2 Å². The topological polar surface area (TPSA) is 128 Å². The SMILES string of the molecule is Cc1cnc(-n2cnc(-c3ccc4c(c3)N(C)C(=O)C4(C)C)c2)nc1.Cc1cnc(-n2cnc(-c3ccc4c(c3)N(C3CC3)C(=O)C4(C)C)c2)nc1. The van der Waals surface area contributed by atoms with Gasteiger partial charge in [0.05, 0.1) is 22.2 Å². The number of aromatic nitrogens is 8. The van der Waals surface area contributed by atoms with Crippen LogP contribution in [0, 0.1) is 13.8 Å². The molecule has 1 saturated carbocycles. The van der Waals surface area contributed by atoms with Gasteiger partial charge in [-0.25, -0.2) is 29.9 Å². The Morgan fingerprint density at radius 1 is 0.615 bits per heavy atom. The maximum absolute atomic E-state index is 12.9. The van der Waals surface area contributed by atoms with Crippen LogP contribution in [0.4, 0.5) is 11.4 Å². The van der Waals surface area contributed by atoms with Crippen molar-refractivity contribution >= 4 is 23.2 Å². The highest BCUT2D eigenvalue weighted by Gasteiger charge is 2.49. The first kappa shape index (κ1) is 33.1. The van der Waals surface area contributed by atoms with Gasteiger partial charge in [0.1, 0.15) is 12.7 Å².